The van der Waals surface area contributed by atoms with E-state index in [1.54, 1.807) is 62.3 Å². The first-order valence-electron chi connectivity index (χ1n) is 13.2. The Kier molecular flexibility index (Phi) is 11.3. The van der Waals surface area contributed by atoms with Crippen LogP contribution in [-0.4, -0.2) is 39.7 Å². The van der Waals surface area contributed by atoms with E-state index in [0.29, 0.717) is 0 Å². The molecule has 0 spiro atoms. The van der Waals surface area contributed by atoms with Gasteiger partial charge in [0.15, 0.2) is 57.9 Å². The fourth-order valence-corrected chi connectivity index (χ4v) is 5.71. The fraction of sp³-hybridized carbons (Fsp3) is 0.200. The van der Waals surface area contributed by atoms with Crippen LogP contribution in [0.25, 0.3) is 0 Å². The lowest BCUT2D eigenvalue weighted by atomic mass is 10.2. The maximum atomic E-state index is 14.7. The van der Waals surface area contributed by atoms with Crippen LogP contribution in [-0.2, 0) is 0 Å². The highest BCUT2D eigenvalue weighted by Crippen LogP contribution is 2.39. The summed E-state index contributed by atoms with van der Waals surface area (Å²) in [5.41, 5.74) is -0.644. The molecule has 0 aromatic heterocycles. The maximum Gasteiger partial charge on any atom is 0.190 e. The Morgan fingerprint density at radius 3 is 0.978 bits per heavy atom. The summed E-state index contributed by atoms with van der Waals surface area (Å²) < 4.78 is 117. The standard InChI is InChI=1S/C30H24F8N6S2/c1-43(2)17-9-5-15(6-10-17)39-41-27-19(31)23(35)29(24(36)20(27)32)45-13-14-46-30-25(37)21(33)28(22(34)26(30)38)42-40-16-7-11-18(12-8-16)44(3)4/h5-12H,13-14H2,1-4H3. The van der Waals surface area contributed by atoms with Crippen molar-refractivity contribution in [2.75, 3.05) is 49.5 Å². The molecule has 0 amide bonds. The minimum absolute atomic E-state index is 0.166. The second kappa shape index (κ2) is 14.9. The summed E-state index contributed by atoms with van der Waals surface area (Å²) in [5.74, 6) is -15.0. The zero-order valence-electron chi connectivity index (χ0n) is 24.6. The number of rotatable bonds is 11. The van der Waals surface area contributed by atoms with Crippen LogP contribution in [0.2, 0.25) is 0 Å². The Bertz CT molecular complexity index is 1590. The molecule has 0 heterocycles. The molecule has 0 fully saturated rings. The van der Waals surface area contributed by atoms with Gasteiger partial charge in [0, 0.05) is 51.1 Å². The number of benzene rings is 4. The number of thioether (sulfide) groups is 2. The summed E-state index contributed by atoms with van der Waals surface area (Å²) in [6.07, 6.45) is 0. The third-order valence-electron chi connectivity index (χ3n) is 6.24. The molecule has 0 bridgehead atoms. The van der Waals surface area contributed by atoms with Gasteiger partial charge in [0.05, 0.1) is 21.2 Å². The van der Waals surface area contributed by atoms with Crippen LogP contribution in [0.15, 0.2) is 78.8 Å². The second-order valence-corrected chi connectivity index (χ2v) is 12.0. The smallest absolute Gasteiger partial charge is 0.190 e. The fourth-order valence-electron chi connectivity index (χ4n) is 3.77. The second-order valence-electron chi connectivity index (χ2n) is 9.79. The van der Waals surface area contributed by atoms with E-state index < -0.39 is 67.7 Å². The third kappa shape index (κ3) is 7.61. The van der Waals surface area contributed by atoms with Crippen LogP contribution in [0.5, 0.6) is 0 Å². The van der Waals surface area contributed by atoms with Crippen molar-refractivity contribution in [3.05, 3.63) is 95.1 Å². The monoisotopic (exact) mass is 684 g/mol. The van der Waals surface area contributed by atoms with Crippen LogP contribution >= 0.6 is 23.5 Å². The molecule has 46 heavy (non-hydrogen) atoms. The van der Waals surface area contributed by atoms with Crippen LogP contribution < -0.4 is 9.80 Å². The summed E-state index contributed by atoms with van der Waals surface area (Å²) in [6, 6.07) is 12.5. The quantitative estimate of drug-likeness (QED) is 0.0519. The van der Waals surface area contributed by atoms with Crippen LogP contribution in [0.4, 0.5) is 69.2 Å². The van der Waals surface area contributed by atoms with Crippen molar-refractivity contribution in [3.63, 3.8) is 0 Å². The molecule has 4 aromatic rings. The average Bonchev–Trinajstić information content (AvgIpc) is 3.04. The highest BCUT2D eigenvalue weighted by atomic mass is 32.2. The van der Waals surface area contributed by atoms with E-state index in [2.05, 4.69) is 20.5 Å². The third-order valence-corrected chi connectivity index (χ3v) is 8.61. The SMILES string of the molecule is CN(C)c1ccc(N=Nc2c(F)c(F)c(SCCSc3c(F)c(F)c(N=Nc4ccc(N(C)C)cc4)c(F)c3F)c(F)c2F)cc1. The first kappa shape index (κ1) is 34.7. The zero-order chi connectivity index (χ0) is 33.7. The number of azo groups is 2. The molecule has 242 valence electrons. The van der Waals surface area contributed by atoms with Gasteiger partial charge in [-0.1, -0.05) is 0 Å². The van der Waals surface area contributed by atoms with Gasteiger partial charge in [0.1, 0.15) is 0 Å². The van der Waals surface area contributed by atoms with Gasteiger partial charge < -0.3 is 9.80 Å². The number of nitrogens with zero attached hydrogens (tertiary/aromatic N) is 6. The molecule has 0 atom stereocenters. The first-order valence-corrected chi connectivity index (χ1v) is 15.1. The van der Waals surface area contributed by atoms with Crippen molar-refractivity contribution in [3.8, 4) is 0 Å². The molecular formula is C30H24F8N6S2. The largest absolute Gasteiger partial charge is 0.378 e. The van der Waals surface area contributed by atoms with Crippen LogP contribution in [0, 0.1) is 46.5 Å². The van der Waals surface area contributed by atoms with E-state index in [1.165, 1.54) is 24.3 Å². The molecule has 0 saturated carbocycles. The van der Waals surface area contributed by atoms with E-state index in [0.717, 1.165) is 11.4 Å². The van der Waals surface area contributed by atoms with Gasteiger partial charge in [-0.05, 0) is 48.5 Å². The molecule has 16 heteroatoms. The number of hydrogen-bond acceptors (Lipinski definition) is 8. The van der Waals surface area contributed by atoms with E-state index in [1.807, 2.05) is 0 Å². The van der Waals surface area contributed by atoms with Gasteiger partial charge in [-0.15, -0.1) is 33.8 Å². The van der Waals surface area contributed by atoms with E-state index >= 15 is 0 Å². The van der Waals surface area contributed by atoms with Gasteiger partial charge in [-0.3, -0.25) is 0 Å². The molecule has 0 N–H and O–H groups in total. The number of hydrogen-bond donors (Lipinski definition) is 0. The predicted octanol–water partition coefficient (Wildman–Crippen LogP) is 10.6. The van der Waals surface area contributed by atoms with E-state index in [-0.39, 0.29) is 46.4 Å². The molecule has 0 aliphatic carbocycles. The normalized spacial score (nSPS) is 11.7. The zero-order valence-corrected chi connectivity index (χ0v) is 26.2. The van der Waals surface area contributed by atoms with Gasteiger partial charge in [0.25, 0.3) is 0 Å². The summed E-state index contributed by atoms with van der Waals surface area (Å²) in [7, 11) is 7.17. The van der Waals surface area contributed by atoms with Gasteiger partial charge in [0.2, 0.25) is 0 Å². The molecule has 0 aliphatic rings. The van der Waals surface area contributed by atoms with Crippen molar-refractivity contribution in [1.29, 1.82) is 0 Å². The lowest BCUT2D eigenvalue weighted by Crippen LogP contribution is -2.07. The molecule has 4 rings (SSSR count). The van der Waals surface area contributed by atoms with Gasteiger partial charge >= 0.3 is 0 Å². The minimum atomic E-state index is -1.80. The number of halogens is 8. The Hall–Kier alpha value is -4.18. The Labute approximate surface area is 267 Å². The predicted molar refractivity (Wildman–Crippen MR) is 164 cm³/mol. The van der Waals surface area contributed by atoms with Gasteiger partial charge in [-0.25, -0.2) is 35.1 Å². The lowest BCUT2D eigenvalue weighted by Gasteiger charge is -2.11. The maximum absolute atomic E-state index is 14.7. The van der Waals surface area contributed by atoms with E-state index in [9.17, 15) is 35.1 Å². The van der Waals surface area contributed by atoms with Gasteiger partial charge in [-0.2, -0.15) is 10.2 Å². The first-order chi connectivity index (χ1) is 21.8. The van der Waals surface area contributed by atoms with Crippen molar-refractivity contribution < 1.29 is 35.1 Å². The minimum Gasteiger partial charge on any atom is -0.378 e. The topological polar surface area (TPSA) is 55.9 Å². The molecule has 0 radical (unpaired) electrons. The highest BCUT2D eigenvalue weighted by molar-refractivity contribution is 8.03. The molecule has 0 unspecified atom stereocenters. The van der Waals surface area contributed by atoms with E-state index in [4.69, 9.17) is 0 Å². The summed E-state index contributed by atoms with van der Waals surface area (Å²) >= 11 is 0.567. The number of anilines is 2. The summed E-state index contributed by atoms with van der Waals surface area (Å²) in [4.78, 5) is 1.47. The molecule has 0 aliphatic heterocycles. The Morgan fingerprint density at radius 1 is 0.435 bits per heavy atom. The highest BCUT2D eigenvalue weighted by Gasteiger charge is 2.28. The Morgan fingerprint density at radius 2 is 0.717 bits per heavy atom. The Balaban J connectivity index is 1.45. The van der Waals surface area contributed by atoms with Crippen LogP contribution in [0.1, 0.15) is 0 Å². The van der Waals surface area contributed by atoms with Crippen molar-refractivity contribution in [1.82, 2.24) is 0 Å². The van der Waals surface area contributed by atoms with Crippen molar-refractivity contribution in [2.24, 2.45) is 20.5 Å². The molecule has 4 aromatic carbocycles. The molecule has 0 saturated heterocycles. The van der Waals surface area contributed by atoms with Crippen molar-refractivity contribution in [2.45, 2.75) is 9.79 Å². The summed E-state index contributed by atoms with van der Waals surface area (Å²) in [5, 5.41) is 13.9. The summed E-state index contributed by atoms with van der Waals surface area (Å²) in [6.45, 7) is 0. The van der Waals surface area contributed by atoms with Crippen molar-refractivity contribution >= 4 is 57.6 Å². The lowest BCUT2D eigenvalue weighted by molar-refractivity contribution is 0.428. The van der Waals surface area contributed by atoms with Crippen LogP contribution in [0.3, 0.4) is 0 Å². The molecule has 6 nitrogen and oxygen atoms in total. The molecular weight excluding hydrogens is 660 g/mol. The average molecular weight is 685 g/mol.